The van der Waals surface area contributed by atoms with Crippen molar-refractivity contribution < 1.29 is 4.79 Å². The maximum absolute atomic E-state index is 12.0. The lowest BCUT2D eigenvalue weighted by Crippen LogP contribution is -2.49. The summed E-state index contributed by atoms with van der Waals surface area (Å²) in [6.07, 6.45) is 5.94. The molecule has 1 aromatic carbocycles. The summed E-state index contributed by atoms with van der Waals surface area (Å²) >= 11 is 0. The van der Waals surface area contributed by atoms with Crippen molar-refractivity contribution >= 4 is 5.91 Å². The van der Waals surface area contributed by atoms with E-state index in [1.165, 1.54) is 24.8 Å². The van der Waals surface area contributed by atoms with Gasteiger partial charge in [-0.05, 0) is 25.3 Å². The Kier molecular flexibility index (Phi) is 4.05. The lowest BCUT2D eigenvalue weighted by Gasteiger charge is -2.46. The lowest BCUT2D eigenvalue weighted by molar-refractivity contribution is -0.137. The third kappa shape index (κ3) is 2.29. The minimum absolute atomic E-state index is 0.0555. The molecule has 18 heavy (non-hydrogen) atoms. The second-order valence-electron chi connectivity index (χ2n) is 5.22. The van der Waals surface area contributed by atoms with E-state index in [-0.39, 0.29) is 11.4 Å². The maximum Gasteiger partial charge on any atom is 0.220 e. The summed E-state index contributed by atoms with van der Waals surface area (Å²) in [5, 5.41) is 0. The van der Waals surface area contributed by atoms with Gasteiger partial charge in [-0.15, -0.1) is 0 Å². The molecule has 0 heterocycles. The second-order valence-corrected chi connectivity index (χ2v) is 5.22. The molecule has 0 spiro atoms. The average Bonchev–Trinajstić information content (AvgIpc) is 2.41. The van der Waals surface area contributed by atoms with E-state index in [9.17, 15) is 4.79 Å². The van der Waals surface area contributed by atoms with E-state index < -0.39 is 0 Å². The highest BCUT2D eigenvalue weighted by Gasteiger charge is 2.39. The highest BCUT2D eigenvalue weighted by atomic mass is 16.2. The van der Waals surface area contributed by atoms with Crippen LogP contribution in [0.4, 0.5) is 0 Å². The van der Waals surface area contributed by atoms with E-state index in [4.69, 9.17) is 0 Å². The standard InChI is InChI=1S/C16H23NO/c1-3-17(14(2)18)16(12-8-5-9-13-16)15-10-6-4-7-11-15/h4,6-7,10-11H,3,5,8-9,12-13H2,1-2H3. The van der Waals surface area contributed by atoms with E-state index in [1.54, 1.807) is 6.92 Å². The molecular weight excluding hydrogens is 222 g/mol. The number of nitrogens with zero attached hydrogens (tertiary/aromatic N) is 1. The molecule has 1 aliphatic carbocycles. The largest absolute Gasteiger partial charge is 0.333 e. The van der Waals surface area contributed by atoms with Gasteiger partial charge < -0.3 is 4.90 Å². The van der Waals surface area contributed by atoms with Crippen LogP contribution < -0.4 is 0 Å². The number of rotatable bonds is 3. The Labute approximate surface area is 110 Å². The molecule has 1 saturated carbocycles. The number of carbonyl (C=O) groups is 1. The fourth-order valence-electron chi connectivity index (χ4n) is 3.43. The van der Waals surface area contributed by atoms with Crippen LogP contribution in [0.2, 0.25) is 0 Å². The Morgan fingerprint density at radius 1 is 1.17 bits per heavy atom. The first-order valence-corrected chi connectivity index (χ1v) is 7.04. The Morgan fingerprint density at radius 2 is 1.78 bits per heavy atom. The summed E-state index contributed by atoms with van der Waals surface area (Å²) in [4.78, 5) is 14.0. The quantitative estimate of drug-likeness (QED) is 0.795. The first-order valence-electron chi connectivity index (χ1n) is 7.04. The molecule has 1 aliphatic rings. The van der Waals surface area contributed by atoms with Gasteiger partial charge in [0.15, 0.2) is 0 Å². The highest BCUT2D eigenvalue weighted by Crippen LogP contribution is 2.42. The molecule has 0 aromatic heterocycles. The van der Waals surface area contributed by atoms with E-state index in [2.05, 4.69) is 36.1 Å². The van der Waals surface area contributed by atoms with Crippen molar-refractivity contribution in [2.75, 3.05) is 6.54 Å². The molecule has 0 radical (unpaired) electrons. The molecule has 0 saturated heterocycles. The summed E-state index contributed by atoms with van der Waals surface area (Å²) in [5.74, 6) is 0.197. The fraction of sp³-hybridized carbons (Fsp3) is 0.562. The van der Waals surface area contributed by atoms with Crippen LogP contribution in [-0.4, -0.2) is 17.4 Å². The van der Waals surface area contributed by atoms with Gasteiger partial charge in [-0.1, -0.05) is 49.6 Å². The van der Waals surface area contributed by atoms with E-state index >= 15 is 0 Å². The summed E-state index contributed by atoms with van der Waals surface area (Å²) < 4.78 is 0. The van der Waals surface area contributed by atoms with Gasteiger partial charge in [0.25, 0.3) is 0 Å². The first-order chi connectivity index (χ1) is 8.70. The molecule has 1 aromatic rings. The predicted octanol–water partition coefficient (Wildman–Crippen LogP) is 3.71. The minimum Gasteiger partial charge on any atom is -0.333 e. The molecule has 2 heteroatoms. The van der Waals surface area contributed by atoms with Crippen LogP contribution in [0.15, 0.2) is 30.3 Å². The highest BCUT2D eigenvalue weighted by molar-refractivity contribution is 5.74. The number of hydrogen-bond donors (Lipinski definition) is 0. The smallest absolute Gasteiger partial charge is 0.220 e. The van der Waals surface area contributed by atoms with E-state index in [0.717, 1.165) is 19.4 Å². The molecule has 1 fully saturated rings. The molecule has 98 valence electrons. The zero-order valence-corrected chi connectivity index (χ0v) is 11.5. The van der Waals surface area contributed by atoms with Crippen molar-refractivity contribution in [1.82, 2.24) is 4.90 Å². The van der Waals surface area contributed by atoms with Crippen molar-refractivity contribution in [3.8, 4) is 0 Å². The first kappa shape index (κ1) is 13.1. The van der Waals surface area contributed by atoms with Gasteiger partial charge >= 0.3 is 0 Å². The zero-order chi connectivity index (χ0) is 13.0. The van der Waals surface area contributed by atoms with Crippen LogP contribution >= 0.6 is 0 Å². The molecule has 0 N–H and O–H groups in total. The van der Waals surface area contributed by atoms with Gasteiger partial charge in [-0.25, -0.2) is 0 Å². The molecule has 0 atom stereocenters. The number of carbonyl (C=O) groups excluding carboxylic acids is 1. The Morgan fingerprint density at radius 3 is 2.28 bits per heavy atom. The number of hydrogen-bond acceptors (Lipinski definition) is 1. The summed E-state index contributed by atoms with van der Waals surface area (Å²) in [6.45, 7) is 4.58. The number of amides is 1. The van der Waals surface area contributed by atoms with Crippen LogP contribution in [0, 0.1) is 0 Å². The van der Waals surface area contributed by atoms with Crippen LogP contribution in [0.1, 0.15) is 51.5 Å². The van der Waals surface area contributed by atoms with E-state index in [0.29, 0.717) is 0 Å². The van der Waals surface area contributed by atoms with Gasteiger partial charge in [-0.2, -0.15) is 0 Å². The van der Waals surface area contributed by atoms with Crippen molar-refractivity contribution in [1.29, 1.82) is 0 Å². The molecule has 2 nitrogen and oxygen atoms in total. The summed E-state index contributed by atoms with van der Waals surface area (Å²) in [7, 11) is 0. The van der Waals surface area contributed by atoms with Gasteiger partial charge in [-0.3, -0.25) is 4.79 Å². The third-order valence-corrected chi connectivity index (χ3v) is 4.20. The van der Waals surface area contributed by atoms with Gasteiger partial charge in [0.2, 0.25) is 5.91 Å². The molecule has 1 amide bonds. The topological polar surface area (TPSA) is 20.3 Å². The Hall–Kier alpha value is -1.31. The third-order valence-electron chi connectivity index (χ3n) is 4.20. The molecule has 0 aliphatic heterocycles. The van der Waals surface area contributed by atoms with Crippen molar-refractivity contribution in [3.63, 3.8) is 0 Å². The molecule has 0 bridgehead atoms. The molecule has 0 unspecified atom stereocenters. The Balaban J connectivity index is 2.43. The van der Waals surface area contributed by atoms with Crippen molar-refractivity contribution in [2.45, 2.75) is 51.5 Å². The molecular formula is C16H23NO. The summed E-state index contributed by atoms with van der Waals surface area (Å²) in [6, 6.07) is 10.6. The molecule has 2 rings (SSSR count). The minimum atomic E-state index is -0.0555. The van der Waals surface area contributed by atoms with Gasteiger partial charge in [0.05, 0.1) is 5.54 Å². The SMILES string of the molecule is CCN(C(C)=O)C1(c2ccccc2)CCCCC1. The summed E-state index contributed by atoms with van der Waals surface area (Å²) in [5.41, 5.74) is 1.25. The zero-order valence-electron chi connectivity index (χ0n) is 11.5. The van der Waals surface area contributed by atoms with E-state index in [1.807, 2.05) is 6.07 Å². The fourth-order valence-corrected chi connectivity index (χ4v) is 3.43. The average molecular weight is 245 g/mol. The normalized spacial score (nSPS) is 18.3. The van der Waals surface area contributed by atoms with Crippen LogP contribution in [0.3, 0.4) is 0 Å². The number of benzene rings is 1. The maximum atomic E-state index is 12.0. The van der Waals surface area contributed by atoms with Crippen LogP contribution in [0.5, 0.6) is 0 Å². The van der Waals surface area contributed by atoms with Crippen molar-refractivity contribution in [3.05, 3.63) is 35.9 Å². The lowest BCUT2D eigenvalue weighted by atomic mass is 9.75. The van der Waals surface area contributed by atoms with Crippen molar-refractivity contribution in [2.24, 2.45) is 0 Å². The van der Waals surface area contributed by atoms with Gasteiger partial charge in [0.1, 0.15) is 0 Å². The second kappa shape index (κ2) is 5.55. The van der Waals surface area contributed by atoms with Crippen LogP contribution in [0.25, 0.3) is 0 Å². The Bertz CT molecular complexity index is 393. The predicted molar refractivity (Wildman–Crippen MR) is 74.3 cm³/mol. The van der Waals surface area contributed by atoms with Gasteiger partial charge in [0, 0.05) is 13.5 Å². The van der Waals surface area contributed by atoms with Crippen LogP contribution in [-0.2, 0) is 10.3 Å². The monoisotopic (exact) mass is 245 g/mol.